The third kappa shape index (κ3) is 2.97. The van der Waals surface area contributed by atoms with Crippen LogP contribution in [0.25, 0.3) is 0 Å². The van der Waals surface area contributed by atoms with E-state index in [0.29, 0.717) is 21.5 Å². The van der Waals surface area contributed by atoms with Crippen LogP contribution in [0, 0.1) is 0 Å². The molecule has 1 N–H and O–H groups in total. The number of hydrogen-bond donors (Lipinski definition) is 1. The lowest BCUT2D eigenvalue weighted by Crippen LogP contribution is -2.51. The molecule has 1 fully saturated rings. The maximum absolute atomic E-state index is 10.6. The zero-order valence-corrected chi connectivity index (χ0v) is 13.5. The summed E-state index contributed by atoms with van der Waals surface area (Å²) >= 11 is 13.3. The van der Waals surface area contributed by atoms with Gasteiger partial charge in [0.05, 0.1) is 22.3 Å². The predicted octanol–water partition coefficient (Wildman–Crippen LogP) is 2.90. The number of hydrogen-bond acceptors (Lipinski definition) is 5. The highest BCUT2D eigenvalue weighted by Gasteiger charge is 2.45. The first-order valence-electron chi connectivity index (χ1n) is 5.84. The summed E-state index contributed by atoms with van der Waals surface area (Å²) in [5, 5.41) is 12.4. The number of amidine groups is 1. The molecule has 2 aliphatic heterocycles. The molecule has 110 valence electrons. The lowest BCUT2D eigenvalue weighted by molar-refractivity contribution is -0.0694. The SMILES string of the molecule is Cl.OC1(COc2ccc(Cl)c(Cl)c2)CSC2=NCCN21. The highest BCUT2D eigenvalue weighted by molar-refractivity contribution is 8.14. The van der Waals surface area contributed by atoms with Gasteiger partial charge in [0, 0.05) is 12.6 Å². The summed E-state index contributed by atoms with van der Waals surface area (Å²) in [6.45, 7) is 1.65. The molecule has 0 aliphatic carbocycles. The fourth-order valence-corrected chi connectivity index (χ4v) is 3.57. The van der Waals surface area contributed by atoms with Crippen molar-refractivity contribution in [1.29, 1.82) is 0 Å². The fraction of sp³-hybridized carbons (Fsp3) is 0.417. The average Bonchev–Trinajstić information content (AvgIpc) is 2.96. The van der Waals surface area contributed by atoms with E-state index in [2.05, 4.69) is 4.99 Å². The van der Waals surface area contributed by atoms with Crippen LogP contribution in [0.4, 0.5) is 0 Å². The number of rotatable bonds is 3. The van der Waals surface area contributed by atoms with Crippen molar-refractivity contribution < 1.29 is 9.84 Å². The molecule has 4 nitrogen and oxygen atoms in total. The number of thioether (sulfide) groups is 1. The van der Waals surface area contributed by atoms with Crippen LogP contribution in [0.2, 0.25) is 10.0 Å². The molecule has 3 rings (SSSR count). The van der Waals surface area contributed by atoms with Crippen LogP contribution < -0.4 is 4.74 Å². The van der Waals surface area contributed by atoms with Crippen LogP contribution in [-0.2, 0) is 0 Å². The van der Waals surface area contributed by atoms with E-state index in [0.717, 1.165) is 18.3 Å². The second-order valence-corrected chi connectivity index (χ2v) is 6.21. The first kappa shape index (κ1) is 16.0. The van der Waals surface area contributed by atoms with Crippen LogP contribution in [0.3, 0.4) is 0 Å². The maximum atomic E-state index is 10.6. The number of aliphatic hydroxyl groups is 1. The minimum Gasteiger partial charge on any atom is -0.488 e. The van der Waals surface area contributed by atoms with Gasteiger partial charge in [-0.25, -0.2) is 0 Å². The summed E-state index contributed by atoms with van der Waals surface area (Å²) in [4.78, 5) is 6.22. The van der Waals surface area contributed by atoms with Crippen molar-refractivity contribution in [3.05, 3.63) is 28.2 Å². The first-order valence-corrected chi connectivity index (χ1v) is 7.58. The summed E-state index contributed by atoms with van der Waals surface area (Å²) in [5.41, 5.74) is -0.994. The van der Waals surface area contributed by atoms with E-state index in [1.165, 1.54) is 0 Å². The Bertz CT molecular complexity index is 543. The van der Waals surface area contributed by atoms with Gasteiger partial charge in [0.2, 0.25) is 0 Å². The molecular formula is C12H13Cl3N2O2S. The Morgan fingerprint density at radius 1 is 1.40 bits per heavy atom. The molecule has 0 aromatic heterocycles. The lowest BCUT2D eigenvalue weighted by Gasteiger charge is -2.31. The number of nitrogens with zero attached hydrogens (tertiary/aromatic N) is 2. The minimum absolute atomic E-state index is 0. The molecule has 1 saturated heterocycles. The number of fused-ring (bicyclic) bond motifs is 1. The second-order valence-electron chi connectivity index (χ2n) is 4.45. The molecule has 1 aromatic rings. The smallest absolute Gasteiger partial charge is 0.184 e. The van der Waals surface area contributed by atoms with E-state index in [1.807, 2.05) is 4.90 Å². The molecule has 2 heterocycles. The standard InChI is InChI=1S/C12H12Cl2N2O2S.ClH/c13-9-2-1-8(5-10(9)14)18-6-12(17)7-19-11-15-3-4-16(11)12;/h1-2,5,17H,3-4,6-7H2;1H. The van der Waals surface area contributed by atoms with E-state index in [9.17, 15) is 5.11 Å². The molecule has 0 bridgehead atoms. The molecule has 1 unspecified atom stereocenters. The topological polar surface area (TPSA) is 45.1 Å². The highest BCUT2D eigenvalue weighted by atomic mass is 35.5. The van der Waals surface area contributed by atoms with Gasteiger partial charge < -0.3 is 14.7 Å². The van der Waals surface area contributed by atoms with Crippen LogP contribution in [0.15, 0.2) is 23.2 Å². The normalized spacial score (nSPS) is 24.1. The van der Waals surface area contributed by atoms with Crippen molar-refractivity contribution in [1.82, 2.24) is 4.90 Å². The predicted molar refractivity (Wildman–Crippen MR) is 85.6 cm³/mol. The van der Waals surface area contributed by atoms with Gasteiger partial charge in [-0.1, -0.05) is 35.0 Å². The van der Waals surface area contributed by atoms with Crippen LogP contribution >= 0.6 is 47.4 Å². The molecular weight excluding hydrogens is 343 g/mol. The molecule has 20 heavy (non-hydrogen) atoms. The Kier molecular flexibility index (Phi) is 4.97. The molecule has 8 heteroatoms. The molecule has 1 atom stereocenters. The third-order valence-corrected chi connectivity index (χ3v) is 5.05. The average molecular weight is 356 g/mol. The summed E-state index contributed by atoms with van der Waals surface area (Å²) in [7, 11) is 0. The minimum atomic E-state index is -0.994. The van der Waals surface area contributed by atoms with E-state index < -0.39 is 5.72 Å². The number of aliphatic imine (C=N–C) groups is 1. The van der Waals surface area contributed by atoms with Crippen LogP contribution in [0.5, 0.6) is 5.75 Å². The Labute approximate surface area is 137 Å². The van der Waals surface area contributed by atoms with Crippen molar-refractivity contribution in [2.75, 3.05) is 25.4 Å². The summed E-state index contributed by atoms with van der Waals surface area (Å²) < 4.78 is 5.63. The van der Waals surface area contributed by atoms with Gasteiger partial charge >= 0.3 is 0 Å². The largest absolute Gasteiger partial charge is 0.488 e. The van der Waals surface area contributed by atoms with Gasteiger partial charge in [0.25, 0.3) is 0 Å². The van der Waals surface area contributed by atoms with Crippen LogP contribution in [0.1, 0.15) is 0 Å². The monoisotopic (exact) mass is 354 g/mol. The Morgan fingerprint density at radius 3 is 2.95 bits per heavy atom. The Balaban J connectivity index is 0.00000147. The fourth-order valence-electron chi connectivity index (χ4n) is 2.08. The van der Waals surface area contributed by atoms with E-state index in [-0.39, 0.29) is 19.0 Å². The quantitative estimate of drug-likeness (QED) is 0.905. The first-order chi connectivity index (χ1) is 9.08. The Morgan fingerprint density at radius 2 is 2.20 bits per heavy atom. The van der Waals surface area contributed by atoms with Gasteiger partial charge in [-0.3, -0.25) is 4.99 Å². The number of halogens is 3. The summed E-state index contributed by atoms with van der Waals surface area (Å²) in [6.07, 6.45) is 0. The number of ether oxygens (including phenoxy) is 1. The molecule has 0 amide bonds. The van der Waals surface area contributed by atoms with E-state index in [1.54, 1.807) is 30.0 Å². The van der Waals surface area contributed by atoms with Gasteiger partial charge in [-0.05, 0) is 12.1 Å². The molecule has 2 aliphatic rings. The zero-order chi connectivity index (χ0) is 13.5. The third-order valence-electron chi connectivity index (χ3n) is 3.10. The van der Waals surface area contributed by atoms with Gasteiger partial charge in [-0.2, -0.15) is 0 Å². The summed E-state index contributed by atoms with van der Waals surface area (Å²) in [5.74, 6) is 1.16. The number of benzene rings is 1. The molecule has 0 radical (unpaired) electrons. The molecule has 1 aromatic carbocycles. The van der Waals surface area contributed by atoms with Gasteiger partial charge in [0.15, 0.2) is 10.9 Å². The molecule has 0 saturated carbocycles. The summed E-state index contributed by atoms with van der Waals surface area (Å²) in [6, 6.07) is 5.06. The van der Waals surface area contributed by atoms with Gasteiger partial charge in [0.1, 0.15) is 12.4 Å². The maximum Gasteiger partial charge on any atom is 0.184 e. The Hall–Kier alpha value is -0.330. The van der Waals surface area contributed by atoms with Crippen molar-refractivity contribution >= 4 is 52.5 Å². The zero-order valence-electron chi connectivity index (χ0n) is 10.4. The van der Waals surface area contributed by atoms with E-state index in [4.69, 9.17) is 27.9 Å². The van der Waals surface area contributed by atoms with E-state index >= 15 is 0 Å². The van der Waals surface area contributed by atoms with Crippen molar-refractivity contribution in [3.63, 3.8) is 0 Å². The second kappa shape index (κ2) is 6.20. The lowest BCUT2D eigenvalue weighted by atomic mass is 10.2. The van der Waals surface area contributed by atoms with Crippen molar-refractivity contribution in [3.8, 4) is 5.75 Å². The van der Waals surface area contributed by atoms with Gasteiger partial charge in [-0.15, -0.1) is 12.4 Å². The highest BCUT2D eigenvalue weighted by Crippen LogP contribution is 2.34. The van der Waals surface area contributed by atoms with Crippen molar-refractivity contribution in [2.24, 2.45) is 4.99 Å². The van der Waals surface area contributed by atoms with Crippen LogP contribution in [-0.4, -0.2) is 46.3 Å². The molecule has 0 spiro atoms. The van der Waals surface area contributed by atoms with Crippen molar-refractivity contribution in [2.45, 2.75) is 5.72 Å².